The van der Waals surface area contributed by atoms with Crippen molar-refractivity contribution >= 4 is 5.91 Å². The fourth-order valence-corrected chi connectivity index (χ4v) is 2.40. The number of piperazine rings is 1. The second kappa shape index (κ2) is 6.15. The van der Waals surface area contributed by atoms with Crippen LogP contribution in [-0.2, 0) is 0 Å². The lowest BCUT2D eigenvalue weighted by Crippen LogP contribution is -2.51. The molecule has 1 aromatic rings. The Morgan fingerprint density at radius 1 is 1.21 bits per heavy atom. The van der Waals surface area contributed by atoms with E-state index in [-0.39, 0.29) is 11.7 Å². The SMILES string of the molecule is CCC(C)N1CCN(C(=O)c2ccc(F)cc2)CC1. The molecule has 4 heteroatoms. The molecule has 3 nitrogen and oxygen atoms in total. The summed E-state index contributed by atoms with van der Waals surface area (Å²) < 4.78 is 12.8. The van der Waals surface area contributed by atoms with Crippen LogP contribution in [0.1, 0.15) is 30.6 Å². The molecule has 1 aromatic carbocycles. The summed E-state index contributed by atoms with van der Waals surface area (Å²) in [4.78, 5) is 16.5. The zero-order chi connectivity index (χ0) is 13.8. The molecule has 0 aliphatic carbocycles. The largest absolute Gasteiger partial charge is 0.336 e. The van der Waals surface area contributed by atoms with E-state index in [9.17, 15) is 9.18 Å². The second-order valence-electron chi connectivity index (χ2n) is 5.09. The van der Waals surface area contributed by atoms with Gasteiger partial charge in [0.2, 0.25) is 0 Å². The van der Waals surface area contributed by atoms with Crippen molar-refractivity contribution in [1.29, 1.82) is 0 Å². The highest BCUT2D eigenvalue weighted by molar-refractivity contribution is 5.94. The van der Waals surface area contributed by atoms with Crippen LogP contribution in [-0.4, -0.2) is 47.9 Å². The van der Waals surface area contributed by atoms with Crippen LogP contribution in [0.3, 0.4) is 0 Å². The van der Waals surface area contributed by atoms with E-state index >= 15 is 0 Å². The smallest absolute Gasteiger partial charge is 0.253 e. The highest BCUT2D eigenvalue weighted by atomic mass is 19.1. The van der Waals surface area contributed by atoms with Crippen molar-refractivity contribution in [2.24, 2.45) is 0 Å². The zero-order valence-corrected chi connectivity index (χ0v) is 11.6. The van der Waals surface area contributed by atoms with Gasteiger partial charge in [0.05, 0.1) is 0 Å². The number of carbonyl (C=O) groups is 1. The Labute approximate surface area is 114 Å². The Morgan fingerprint density at radius 2 is 1.79 bits per heavy atom. The van der Waals surface area contributed by atoms with Gasteiger partial charge >= 0.3 is 0 Å². The van der Waals surface area contributed by atoms with Gasteiger partial charge in [-0.1, -0.05) is 6.92 Å². The van der Waals surface area contributed by atoms with Crippen molar-refractivity contribution in [3.05, 3.63) is 35.6 Å². The standard InChI is InChI=1S/C15H21FN2O/c1-3-12(2)17-8-10-18(11-9-17)15(19)13-4-6-14(16)7-5-13/h4-7,12H,3,8-11H2,1-2H3. The summed E-state index contributed by atoms with van der Waals surface area (Å²) in [5, 5.41) is 0. The van der Waals surface area contributed by atoms with Gasteiger partial charge in [-0.25, -0.2) is 4.39 Å². The average molecular weight is 264 g/mol. The van der Waals surface area contributed by atoms with Gasteiger partial charge in [0.15, 0.2) is 0 Å². The van der Waals surface area contributed by atoms with Crippen molar-refractivity contribution in [2.75, 3.05) is 26.2 Å². The molecule has 2 rings (SSSR count). The van der Waals surface area contributed by atoms with Crippen molar-refractivity contribution in [3.8, 4) is 0 Å². The Balaban J connectivity index is 1.94. The topological polar surface area (TPSA) is 23.6 Å². The average Bonchev–Trinajstić information content (AvgIpc) is 2.46. The van der Waals surface area contributed by atoms with Gasteiger partial charge in [-0.15, -0.1) is 0 Å². The van der Waals surface area contributed by atoms with Crippen LogP contribution in [0.4, 0.5) is 4.39 Å². The third-order valence-corrected chi connectivity index (χ3v) is 3.91. The molecule has 1 aliphatic rings. The molecule has 0 aromatic heterocycles. The summed E-state index contributed by atoms with van der Waals surface area (Å²) in [7, 11) is 0. The van der Waals surface area contributed by atoms with E-state index in [1.165, 1.54) is 12.1 Å². The van der Waals surface area contributed by atoms with Crippen LogP contribution < -0.4 is 0 Å². The van der Waals surface area contributed by atoms with Gasteiger partial charge < -0.3 is 4.90 Å². The molecule has 1 fully saturated rings. The molecule has 104 valence electrons. The molecule has 0 bridgehead atoms. The van der Waals surface area contributed by atoms with Crippen molar-refractivity contribution < 1.29 is 9.18 Å². The molecule has 0 radical (unpaired) electrons. The first-order chi connectivity index (χ1) is 9.11. The summed E-state index contributed by atoms with van der Waals surface area (Å²) in [6.07, 6.45) is 1.13. The summed E-state index contributed by atoms with van der Waals surface area (Å²) in [5.41, 5.74) is 0.568. The van der Waals surface area contributed by atoms with E-state index in [2.05, 4.69) is 18.7 Å². The molecular weight excluding hydrogens is 243 g/mol. The van der Waals surface area contributed by atoms with Gasteiger partial charge in [0.25, 0.3) is 5.91 Å². The fourth-order valence-electron chi connectivity index (χ4n) is 2.40. The Kier molecular flexibility index (Phi) is 4.53. The minimum Gasteiger partial charge on any atom is -0.336 e. The van der Waals surface area contributed by atoms with Gasteiger partial charge in [0, 0.05) is 37.8 Å². The van der Waals surface area contributed by atoms with Gasteiger partial charge in [0.1, 0.15) is 5.82 Å². The predicted molar refractivity (Wildman–Crippen MR) is 73.6 cm³/mol. The van der Waals surface area contributed by atoms with E-state index in [0.29, 0.717) is 11.6 Å². The van der Waals surface area contributed by atoms with Crippen LogP contribution in [0.5, 0.6) is 0 Å². The molecule has 1 saturated heterocycles. The summed E-state index contributed by atoms with van der Waals surface area (Å²) in [6, 6.07) is 6.35. The number of hydrogen-bond acceptors (Lipinski definition) is 2. The lowest BCUT2D eigenvalue weighted by Gasteiger charge is -2.37. The second-order valence-corrected chi connectivity index (χ2v) is 5.09. The minimum absolute atomic E-state index is 0.00352. The Bertz CT molecular complexity index is 424. The van der Waals surface area contributed by atoms with E-state index in [1.807, 2.05) is 4.90 Å². The van der Waals surface area contributed by atoms with Crippen LogP contribution in [0.25, 0.3) is 0 Å². The summed E-state index contributed by atoms with van der Waals surface area (Å²) in [5.74, 6) is -0.304. The summed E-state index contributed by atoms with van der Waals surface area (Å²) in [6.45, 7) is 7.74. The van der Waals surface area contributed by atoms with E-state index in [0.717, 1.165) is 32.6 Å². The first-order valence-corrected chi connectivity index (χ1v) is 6.90. The number of rotatable bonds is 3. The highest BCUT2D eigenvalue weighted by Gasteiger charge is 2.23. The minimum atomic E-state index is -0.307. The maximum absolute atomic E-state index is 12.8. The number of nitrogens with zero attached hydrogens (tertiary/aromatic N) is 2. The maximum Gasteiger partial charge on any atom is 0.253 e. The first kappa shape index (κ1) is 14.0. The zero-order valence-electron chi connectivity index (χ0n) is 11.6. The number of hydrogen-bond donors (Lipinski definition) is 0. The Morgan fingerprint density at radius 3 is 2.32 bits per heavy atom. The molecule has 19 heavy (non-hydrogen) atoms. The predicted octanol–water partition coefficient (Wildman–Crippen LogP) is 2.38. The fraction of sp³-hybridized carbons (Fsp3) is 0.533. The van der Waals surface area contributed by atoms with Crippen LogP contribution in [0, 0.1) is 5.82 Å². The molecule has 1 atom stereocenters. The third kappa shape index (κ3) is 3.32. The molecule has 1 aliphatic heterocycles. The molecule has 1 heterocycles. The monoisotopic (exact) mass is 264 g/mol. The number of halogens is 1. The van der Waals surface area contributed by atoms with Gasteiger partial charge in [-0.3, -0.25) is 9.69 Å². The van der Waals surface area contributed by atoms with Crippen LogP contribution >= 0.6 is 0 Å². The molecule has 0 spiro atoms. The van der Waals surface area contributed by atoms with Crippen LogP contribution in [0.2, 0.25) is 0 Å². The molecule has 0 saturated carbocycles. The van der Waals surface area contributed by atoms with E-state index < -0.39 is 0 Å². The van der Waals surface area contributed by atoms with E-state index in [1.54, 1.807) is 12.1 Å². The number of amides is 1. The van der Waals surface area contributed by atoms with E-state index in [4.69, 9.17) is 0 Å². The maximum atomic E-state index is 12.8. The van der Waals surface area contributed by atoms with Crippen molar-refractivity contribution in [1.82, 2.24) is 9.80 Å². The van der Waals surface area contributed by atoms with Gasteiger partial charge in [-0.2, -0.15) is 0 Å². The first-order valence-electron chi connectivity index (χ1n) is 6.90. The number of benzene rings is 1. The lowest BCUT2D eigenvalue weighted by atomic mass is 10.1. The van der Waals surface area contributed by atoms with Crippen molar-refractivity contribution in [2.45, 2.75) is 26.3 Å². The summed E-state index contributed by atoms with van der Waals surface area (Å²) >= 11 is 0. The quantitative estimate of drug-likeness (QED) is 0.837. The third-order valence-electron chi connectivity index (χ3n) is 3.91. The normalized spacial score (nSPS) is 18.4. The van der Waals surface area contributed by atoms with Crippen LogP contribution in [0.15, 0.2) is 24.3 Å². The highest BCUT2D eigenvalue weighted by Crippen LogP contribution is 2.12. The van der Waals surface area contributed by atoms with Gasteiger partial charge in [-0.05, 0) is 37.6 Å². The van der Waals surface area contributed by atoms with Crippen molar-refractivity contribution in [3.63, 3.8) is 0 Å². The molecule has 1 unspecified atom stereocenters. The molecule has 0 N–H and O–H groups in total. The lowest BCUT2D eigenvalue weighted by molar-refractivity contribution is 0.0579. The molecular formula is C15H21FN2O. The number of carbonyl (C=O) groups excluding carboxylic acids is 1. The molecule has 1 amide bonds. The Hall–Kier alpha value is -1.42.